The van der Waals surface area contributed by atoms with E-state index in [1.165, 1.54) is 0 Å². The second-order valence-electron chi connectivity index (χ2n) is 5.62. The number of hydrogen-bond donors (Lipinski definition) is 0. The van der Waals surface area contributed by atoms with Crippen LogP contribution in [0.5, 0.6) is 11.7 Å². The third kappa shape index (κ3) is 3.68. The zero-order valence-electron chi connectivity index (χ0n) is 13.0. The maximum absolute atomic E-state index is 12.5. The van der Waals surface area contributed by atoms with Gasteiger partial charge in [0, 0.05) is 19.2 Å². The fourth-order valence-corrected chi connectivity index (χ4v) is 2.80. The Morgan fingerprint density at radius 2 is 1.87 bits per heavy atom. The third-order valence-electron chi connectivity index (χ3n) is 3.55. The second-order valence-corrected chi connectivity index (χ2v) is 6.03. The van der Waals surface area contributed by atoms with E-state index in [1.54, 1.807) is 29.2 Å². The Kier molecular flexibility index (Phi) is 4.59. The molecule has 6 heteroatoms. The zero-order valence-corrected chi connectivity index (χ0v) is 13.7. The number of nitrogens with zero attached hydrogens (tertiary/aromatic N) is 1. The minimum Gasteiger partial charge on any atom is -0.424 e. The van der Waals surface area contributed by atoms with Gasteiger partial charge in [-0.2, -0.15) is 0 Å². The predicted octanol–water partition coefficient (Wildman–Crippen LogP) is 3.97. The lowest BCUT2D eigenvalue weighted by Gasteiger charge is -2.34. The molecule has 2 aromatic rings. The van der Waals surface area contributed by atoms with Crippen LogP contribution in [0.2, 0.25) is 5.02 Å². The van der Waals surface area contributed by atoms with Crippen LogP contribution in [0.15, 0.2) is 40.8 Å². The van der Waals surface area contributed by atoms with Crippen molar-refractivity contribution in [1.29, 1.82) is 0 Å². The topological polar surface area (TPSA) is 51.9 Å². The van der Waals surface area contributed by atoms with Crippen molar-refractivity contribution < 1.29 is 18.7 Å². The Hall–Kier alpha value is -1.98. The van der Waals surface area contributed by atoms with Gasteiger partial charge in [0.15, 0.2) is 5.76 Å². The van der Waals surface area contributed by atoms with Crippen molar-refractivity contribution in [2.24, 2.45) is 0 Å². The summed E-state index contributed by atoms with van der Waals surface area (Å²) in [6.45, 7) is 4.99. The van der Waals surface area contributed by atoms with Crippen LogP contribution in [0, 0.1) is 0 Å². The molecule has 3 rings (SSSR count). The van der Waals surface area contributed by atoms with E-state index < -0.39 is 0 Å². The predicted molar refractivity (Wildman–Crippen MR) is 86.1 cm³/mol. The van der Waals surface area contributed by atoms with Gasteiger partial charge in [-0.15, -0.1) is 0 Å². The summed E-state index contributed by atoms with van der Waals surface area (Å²) < 4.78 is 16.7. The third-order valence-corrected chi connectivity index (χ3v) is 3.86. The standard InChI is InChI=1S/C17H18ClNO4/c1-11-9-19(10-12(2)21-11)17(20)15-7-8-16(23-15)22-14-6-4-3-5-13(14)18/h3-8,11-12H,9-10H2,1-2H3/t11-,12-/m0/s1. The molecule has 0 radical (unpaired) electrons. The highest BCUT2D eigenvalue weighted by Crippen LogP contribution is 2.30. The summed E-state index contributed by atoms with van der Waals surface area (Å²) in [6, 6.07) is 10.3. The fraction of sp³-hybridized carbons (Fsp3) is 0.353. The van der Waals surface area contributed by atoms with Gasteiger partial charge in [-0.1, -0.05) is 23.7 Å². The summed E-state index contributed by atoms with van der Waals surface area (Å²) in [6.07, 6.45) is 0.0213. The molecule has 0 aliphatic carbocycles. The molecule has 1 fully saturated rings. The second kappa shape index (κ2) is 6.64. The molecule has 1 amide bonds. The highest BCUT2D eigenvalue weighted by Gasteiger charge is 2.28. The van der Waals surface area contributed by atoms with Crippen molar-refractivity contribution in [3.05, 3.63) is 47.2 Å². The monoisotopic (exact) mass is 335 g/mol. The summed E-state index contributed by atoms with van der Waals surface area (Å²) in [4.78, 5) is 14.3. The van der Waals surface area contributed by atoms with Crippen LogP contribution in [-0.4, -0.2) is 36.1 Å². The van der Waals surface area contributed by atoms with Crippen molar-refractivity contribution in [1.82, 2.24) is 4.90 Å². The number of para-hydroxylation sites is 1. The van der Waals surface area contributed by atoms with Crippen molar-refractivity contribution in [2.45, 2.75) is 26.1 Å². The van der Waals surface area contributed by atoms with Crippen LogP contribution < -0.4 is 4.74 Å². The SMILES string of the molecule is C[C@H]1CN(C(=O)c2ccc(Oc3ccccc3Cl)o2)C[C@H](C)O1. The van der Waals surface area contributed by atoms with Gasteiger partial charge in [0.1, 0.15) is 5.75 Å². The molecule has 2 heterocycles. The lowest BCUT2D eigenvalue weighted by molar-refractivity contribution is -0.0592. The van der Waals surface area contributed by atoms with Crippen LogP contribution >= 0.6 is 11.6 Å². The number of ether oxygens (including phenoxy) is 2. The Balaban J connectivity index is 1.71. The average Bonchev–Trinajstić information content (AvgIpc) is 2.96. The lowest BCUT2D eigenvalue weighted by Crippen LogP contribution is -2.48. The fourth-order valence-electron chi connectivity index (χ4n) is 2.63. The largest absolute Gasteiger partial charge is 0.424 e. The lowest BCUT2D eigenvalue weighted by atomic mass is 10.2. The van der Waals surface area contributed by atoms with E-state index in [2.05, 4.69) is 0 Å². The first kappa shape index (κ1) is 15.9. The van der Waals surface area contributed by atoms with Crippen molar-refractivity contribution in [3.8, 4) is 11.7 Å². The maximum Gasteiger partial charge on any atom is 0.290 e. The molecule has 0 saturated carbocycles. The molecule has 1 saturated heterocycles. The van der Waals surface area contributed by atoms with E-state index >= 15 is 0 Å². The van der Waals surface area contributed by atoms with Gasteiger partial charge in [0.05, 0.1) is 17.2 Å². The van der Waals surface area contributed by atoms with Gasteiger partial charge in [-0.25, -0.2) is 0 Å². The molecule has 0 spiro atoms. The van der Waals surface area contributed by atoms with Gasteiger partial charge >= 0.3 is 0 Å². The molecule has 1 aliphatic heterocycles. The van der Waals surface area contributed by atoms with Crippen molar-refractivity contribution >= 4 is 17.5 Å². The minimum absolute atomic E-state index is 0.0107. The quantitative estimate of drug-likeness (QED) is 0.851. The van der Waals surface area contributed by atoms with E-state index in [0.29, 0.717) is 23.9 Å². The minimum atomic E-state index is -0.166. The number of halogens is 1. The molecule has 23 heavy (non-hydrogen) atoms. The van der Waals surface area contributed by atoms with Gasteiger partial charge in [-0.05, 0) is 32.0 Å². The van der Waals surface area contributed by atoms with Crippen LogP contribution in [0.4, 0.5) is 0 Å². The van der Waals surface area contributed by atoms with Gasteiger partial charge in [0.2, 0.25) is 0 Å². The molecule has 5 nitrogen and oxygen atoms in total. The number of hydrogen-bond acceptors (Lipinski definition) is 4. The van der Waals surface area contributed by atoms with Crippen LogP contribution in [0.25, 0.3) is 0 Å². The van der Waals surface area contributed by atoms with E-state index in [1.807, 2.05) is 26.0 Å². The Labute approximate surface area is 139 Å². The highest BCUT2D eigenvalue weighted by molar-refractivity contribution is 6.32. The molecule has 1 aliphatic rings. The molecular weight excluding hydrogens is 318 g/mol. The summed E-state index contributed by atoms with van der Waals surface area (Å²) >= 11 is 6.04. The Morgan fingerprint density at radius 1 is 1.17 bits per heavy atom. The molecule has 0 unspecified atom stereocenters. The Morgan fingerprint density at radius 3 is 2.57 bits per heavy atom. The van der Waals surface area contributed by atoms with Crippen LogP contribution in [-0.2, 0) is 4.74 Å². The van der Waals surface area contributed by atoms with Gasteiger partial charge in [-0.3, -0.25) is 4.79 Å². The number of amides is 1. The highest BCUT2D eigenvalue weighted by atomic mass is 35.5. The zero-order chi connectivity index (χ0) is 16.4. The van der Waals surface area contributed by atoms with Gasteiger partial charge < -0.3 is 18.8 Å². The first-order chi connectivity index (χ1) is 11.0. The molecule has 0 bridgehead atoms. The van der Waals surface area contributed by atoms with E-state index in [4.69, 9.17) is 25.5 Å². The number of carbonyl (C=O) groups excluding carboxylic acids is 1. The van der Waals surface area contributed by atoms with E-state index in [-0.39, 0.29) is 29.8 Å². The van der Waals surface area contributed by atoms with Gasteiger partial charge in [0.25, 0.3) is 11.9 Å². The first-order valence-electron chi connectivity index (χ1n) is 7.50. The smallest absolute Gasteiger partial charge is 0.290 e. The number of rotatable bonds is 3. The molecule has 2 atom stereocenters. The maximum atomic E-state index is 12.5. The molecule has 122 valence electrons. The van der Waals surface area contributed by atoms with Crippen molar-refractivity contribution in [3.63, 3.8) is 0 Å². The summed E-state index contributed by atoms with van der Waals surface area (Å²) in [5, 5.41) is 0.479. The first-order valence-corrected chi connectivity index (χ1v) is 7.87. The molecular formula is C17H18ClNO4. The van der Waals surface area contributed by atoms with Crippen LogP contribution in [0.1, 0.15) is 24.4 Å². The summed E-state index contributed by atoms with van der Waals surface area (Å²) in [7, 11) is 0. The number of morpholine rings is 1. The molecule has 1 aromatic carbocycles. The van der Waals surface area contributed by atoms with Crippen molar-refractivity contribution in [2.75, 3.05) is 13.1 Å². The normalized spacial score (nSPS) is 21.3. The van der Waals surface area contributed by atoms with Crippen LogP contribution in [0.3, 0.4) is 0 Å². The summed E-state index contributed by atoms with van der Waals surface area (Å²) in [5.41, 5.74) is 0. The summed E-state index contributed by atoms with van der Waals surface area (Å²) in [5.74, 6) is 0.793. The number of benzene rings is 1. The molecule has 0 N–H and O–H groups in total. The molecule has 1 aromatic heterocycles. The number of furan rings is 1. The average molecular weight is 336 g/mol. The Bertz CT molecular complexity index is 689. The van der Waals surface area contributed by atoms with E-state index in [0.717, 1.165) is 0 Å². The number of carbonyl (C=O) groups is 1. The van der Waals surface area contributed by atoms with E-state index in [9.17, 15) is 4.79 Å².